The van der Waals surface area contributed by atoms with Crippen LogP contribution in [0.1, 0.15) is 24.8 Å². The number of rotatable bonds is 7. The molecule has 0 unspecified atom stereocenters. The van der Waals surface area contributed by atoms with Crippen LogP contribution in [-0.2, 0) is 20.9 Å². The summed E-state index contributed by atoms with van der Waals surface area (Å²) < 4.78 is 5.09. The molecule has 1 aliphatic rings. The minimum atomic E-state index is -0.0720. The first-order chi connectivity index (χ1) is 11.1. The summed E-state index contributed by atoms with van der Waals surface area (Å²) in [5, 5.41) is 0.636. The van der Waals surface area contributed by atoms with Crippen molar-refractivity contribution in [3.05, 3.63) is 34.9 Å². The predicted octanol–water partition coefficient (Wildman–Crippen LogP) is 2.33. The van der Waals surface area contributed by atoms with Crippen LogP contribution in [0.5, 0.6) is 0 Å². The molecule has 1 saturated heterocycles. The quantitative estimate of drug-likeness (QED) is 0.766. The smallest absolute Gasteiger partial charge is 0.242 e. The van der Waals surface area contributed by atoms with Gasteiger partial charge >= 0.3 is 0 Å². The van der Waals surface area contributed by atoms with E-state index in [4.69, 9.17) is 16.3 Å². The number of benzene rings is 1. The highest BCUT2D eigenvalue weighted by molar-refractivity contribution is 6.31. The molecular formula is C17H23ClN2O3. The van der Waals surface area contributed by atoms with Gasteiger partial charge in [0.25, 0.3) is 0 Å². The van der Waals surface area contributed by atoms with Crippen molar-refractivity contribution in [1.29, 1.82) is 0 Å². The van der Waals surface area contributed by atoms with Crippen molar-refractivity contribution in [2.45, 2.75) is 25.8 Å². The molecule has 0 aromatic heterocycles. The summed E-state index contributed by atoms with van der Waals surface area (Å²) in [6, 6.07) is 7.47. The second-order valence-corrected chi connectivity index (χ2v) is 6.08. The van der Waals surface area contributed by atoms with Crippen molar-refractivity contribution < 1.29 is 14.3 Å². The first kappa shape index (κ1) is 17.8. The van der Waals surface area contributed by atoms with E-state index in [1.54, 1.807) is 16.9 Å². The molecule has 0 spiro atoms. The fourth-order valence-corrected chi connectivity index (χ4v) is 2.81. The zero-order valence-corrected chi connectivity index (χ0v) is 14.2. The van der Waals surface area contributed by atoms with E-state index in [1.165, 1.54) is 0 Å². The maximum Gasteiger partial charge on any atom is 0.242 e. The Hall–Kier alpha value is -1.59. The van der Waals surface area contributed by atoms with Crippen molar-refractivity contribution in [2.24, 2.45) is 0 Å². The van der Waals surface area contributed by atoms with Gasteiger partial charge in [0.05, 0.1) is 13.2 Å². The lowest BCUT2D eigenvalue weighted by Gasteiger charge is -2.30. The summed E-state index contributed by atoms with van der Waals surface area (Å²) in [7, 11) is 1.60. The number of carbonyl (C=O) groups is 2. The molecule has 0 atom stereocenters. The number of hydrogen-bond acceptors (Lipinski definition) is 3. The van der Waals surface area contributed by atoms with Crippen molar-refractivity contribution in [3.63, 3.8) is 0 Å². The van der Waals surface area contributed by atoms with Gasteiger partial charge < -0.3 is 14.5 Å². The molecule has 2 rings (SSSR count). The number of nitrogens with zero attached hydrogens (tertiary/aromatic N) is 2. The van der Waals surface area contributed by atoms with E-state index in [-0.39, 0.29) is 18.4 Å². The maximum absolute atomic E-state index is 12.6. The molecule has 1 aromatic rings. The van der Waals surface area contributed by atoms with Crippen LogP contribution in [0.4, 0.5) is 0 Å². The Morgan fingerprint density at radius 3 is 2.83 bits per heavy atom. The summed E-state index contributed by atoms with van der Waals surface area (Å²) in [4.78, 5) is 27.9. The largest absolute Gasteiger partial charge is 0.383 e. The molecule has 2 amide bonds. The van der Waals surface area contributed by atoms with Crippen LogP contribution in [0.2, 0.25) is 5.02 Å². The Morgan fingerprint density at radius 1 is 1.35 bits per heavy atom. The number of methoxy groups -OCH3 is 1. The third-order valence-corrected chi connectivity index (χ3v) is 4.35. The van der Waals surface area contributed by atoms with E-state index in [1.807, 2.05) is 24.3 Å². The summed E-state index contributed by atoms with van der Waals surface area (Å²) in [6.07, 6.45) is 2.41. The molecule has 0 aliphatic carbocycles. The fraction of sp³-hybridized carbons (Fsp3) is 0.529. The van der Waals surface area contributed by atoms with Crippen LogP contribution in [0.3, 0.4) is 0 Å². The van der Waals surface area contributed by atoms with Gasteiger partial charge in [-0.05, 0) is 24.5 Å². The normalized spacial score (nSPS) is 14.9. The molecule has 126 valence electrons. The molecular weight excluding hydrogens is 316 g/mol. The SMILES string of the molecule is COCCN(Cc1ccccc1Cl)C(=O)CN1CCCCC1=O. The Morgan fingerprint density at radius 2 is 2.13 bits per heavy atom. The Balaban J connectivity index is 2.03. The van der Waals surface area contributed by atoms with Gasteiger partial charge in [-0.25, -0.2) is 0 Å². The van der Waals surface area contributed by atoms with E-state index in [0.717, 1.165) is 18.4 Å². The number of ether oxygens (including phenoxy) is 1. The van der Waals surface area contributed by atoms with Gasteiger partial charge in [0.2, 0.25) is 11.8 Å². The van der Waals surface area contributed by atoms with E-state index in [9.17, 15) is 9.59 Å². The molecule has 0 radical (unpaired) electrons. The highest BCUT2D eigenvalue weighted by Crippen LogP contribution is 2.18. The average Bonchev–Trinajstić information content (AvgIpc) is 2.55. The number of carbonyl (C=O) groups excluding carboxylic acids is 2. The number of likely N-dealkylation sites (tertiary alicyclic amines) is 1. The van der Waals surface area contributed by atoms with Gasteiger partial charge in [0.1, 0.15) is 0 Å². The van der Waals surface area contributed by atoms with Crippen LogP contribution < -0.4 is 0 Å². The Labute approximate surface area is 142 Å². The minimum absolute atomic E-state index is 0.0639. The van der Waals surface area contributed by atoms with Gasteiger partial charge in [0, 0.05) is 38.2 Å². The van der Waals surface area contributed by atoms with Crippen LogP contribution in [0.15, 0.2) is 24.3 Å². The zero-order chi connectivity index (χ0) is 16.7. The molecule has 0 bridgehead atoms. The molecule has 23 heavy (non-hydrogen) atoms. The van der Waals surface area contributed by atoms with Crippen LogP contribution >= 0.6 is 11.6 Å². The summed E-state index contributed by atoms with van der Waals surface area (Å²) >= 11 is 6.19. The van der Waals surface area contributed by atoms with Gasteiger partial charge in [-0.3, -0.25) is 9.59 Å². The second kappa shape index (κ2) is 8.89. The van der Waals surface area contributed by atoms with Crippen LogP contribution in [0.25, 0.3) is 0 Å². The van der Waals surface area contributed by atoms with Crippen LogP contribution in [-0.4, -0.2) is 55.0 Å². The summed E-state index contributed by atoms with van der Waals surface area (Å²) in [5.74, 6) is -0.00810. The van der Waals surface area contributed by atoms with Gasteiger partial charge in [0.15, 0.2) is 0 Å². The first-order valence-corrected chi connectivity index (χ1v) is 8.27. The molecule has 1 fully saturated rings. The van der Waals surface area contributed by atoms with E-state index in [0.29, 0.717) is 37.7 Å². The van der Waals surface area contributed by atoms with Crippen molar-refractivity contribution in [3.8, 4) is 0 Å². The third kappa shape index (κ3) is 5.22. The fourth-order valence-electron chi connectivity index (χ4n) is 2.62. The summed E-state index contributed by atoms with van der Waals surface area (Å²) in [5.41, 5.74) is 0.892. The molecule has 5 nitrogen and oxygen atoms in total. The van der Waals surface area contributed by atoms with E-state index in [2.05, 4.69) is 0 Å². The standard InChI is InChI=1S/C17H23ClN2O3/c1-23-11-10-20(12-14-6-2-3-7-15(14)18)17(22)13-19-9-5-4-8-16(19)21/h2-3,6-7H,4-5,8-13H2,1H3. The topological polar surface area (TPSA) is 49.9 Å². The van der Waals surface area contributed by atoms with E-state index >= 15 is 0 Å². The number of hydrogen-bond donors (Lipinski definition) is 0. The van der Waals surface area contributed by atoms with Crippen LogP contribution in [0, 0.1) is 0 Å². The van der Waals surface area contributed by atoms with Crippen molar-refractivity contribution >= 4 is 23.4 Å². The van der Waals surface area contributed by atoms with Crippen molar-refractivity contribution in [2.75, 3.05) is 33.4 Å². The van der Waals surface area contributed by atoms with Crippen molar-refractivity contribution in [1.82, 2.24) is 9.80 Å². The number of amides is 2. The van der Waals surface area contributed by atoms with Gasteiger partial charge in [-0.2, -0.15) is 0 Å². The number of halogens is 1. The number of piperidine rings is 1. The first-order valence-electron chi connectivity index (χ1n) is 7.89. The Kier molecular flexibility index (Phi) is 6.86. The molecule has 0 N–H and O–H groups in total. The molecule has 1 aromatic carbocycles. The summed E-state index contributed by atoms with van der Waals surface area (Å²) in [6.45, 7) is 2.14. The van der Waals surface area contributed by atoms with Gasteiger partial charge in [-0.15, -0.1) is 0 Å². The molecule has 6 heteroatoms. The zero-order valence-electron chi connectivity index (χ0n) is 13.5. The van der Waals surface area contributed by atoms with E-state index < -0.39 is 0 Å². The lowest BCUT2D eigenvalue weighted by molar-refractivity contribution is -0.142. The maximum atomic E-state index is 12.6. The minimum Gasteiger partial charge on any atom is -0.383 e. The lowest BCUT2D eigenvalue weighted by atomic mass is 10.1. The monoisotopic (exact) mass is 338 g/mol. The third-order valence-electron chi connectivity index (χ3n) is 3.98. The molecule has 0 saturated carbocycles. The average molecular weight is 339 g/mol. The highest BCUT2D eigenvalue weighted by atomic mass is 35.5. The molecule has 1 aliphatic heterocycles. The molecule has 1 heterocycles. The Bertz CT molecular complexity index is 550. The second-order valence-electron chi connectivity index (χ2n) is 5.67. The highest BCUT2D eigenvalue weighted by Gasteiger charge is 2.23. The lowest BCUT2D eigenvalue weighted by Crippen LogP contribution is -2.45. The predicted molar refractivity (Wildman–Crippen MR) is 89.2 cm³/mol. The van der Waals surface area contributed by atoms with Gasteiger partial charge in [-0.1, -0.05) is 29.8 Å².